The highest BCUT2D eigenvalue weighted by Crippen LogP contribution is 2.39. The Morgan fingerprint density at radius 2 is 1.70 bits per heavy atom. The number of amides is 1. The molecule has 0 bridgehead atoms. The van der Waals surface area contributed by atoms with Gasteiger partial charge in [0, 0.05) is 0 Å². The Morgan fingerprint density at radius 1 is 1.05 bits per heavy atom. The quantitative estimate of drug-likeness (QED) is 0.830. The molecule has 3 heteroatoms. The van der Waals surface area contributed by atoms with Crippen LogP contribution in [0, 0.1) is 0 Å². The predicted molar refractivity (Wildman–Crippen MR) is 79.5 cm³/mol. The second kappa shape index (κ2) is 5.00. The van der Waals surface area contributed by atoms with Gasteiger partial charge in [-0.05, 0) is 37.1 Å². The van der Waals surface area contributed by atoms with E-state index in [1.165, 1.54) is 0 Å². The average molecular weight is 267 g/mol. The molecule has 0 saturated carbocycles. The first-order valence-electron chi connectivity index (χ1n) is 6.90. The molecule has 2 aromatic rings. The van der Waals surface area contributed by atoms with Gasteiger partial charge in [0.15, 0.2) is 6.10 Å². The molecule has 1 heterocycles. The molecule has 20 heavy (non-hydrogen) atoms. The van der Waals surface area contributed by atoms with Crippen molar-refractivity contribution in [2.75, 3.05) is 4.90 Å². The van der Waals surface area contributed by atoms with Crippen LogP contribution in [0.25, 0.3) is 0 Å². The Labute approximate surface area is 118 Å². The molecule has 3 nitrogen and oxygen atoms in total. The number of hydrogen-bond donors (Lipinski definition) is 0. The van der Waals surface area contributed by atoms with Crippen LogP contribution < -0.4 is 9.64 Å². The SMILES string of the molecule is CCc1ccccc1N1C(=O)C(C)Oc2ccccc21. The van der Waals surface area contributed by atoms with Gasteiger partial charge in [-0.1, -0.05) is 37.3 Å². The van der Waals surface area contributed by atoms with Gasteiger partial charge in [-0.25, -0.2) is 0 Å². The maximum absolute atomic E-state index is 12.6. The van der Waals surface area contributed by atoms with E-state index in [0.29, 0.717) is 0 Å². The minimum absolute atomic E-state index is 0.0235. The molecule has 1 aliphatic heterocycles. The van der Waals surface area contributed by atoms with E-state index in [0.717, 1.165) is 29.1 Å². The standard InChI is InChI=1S/C17H17NO2/c1-3-13-8-4-5-9-14(13)18-15-10-6-7-11-16(15)20-12(2)17(18)19/h4-12H,3H2,1-2H3. The van der Waals surface area contributed by atoms with Crippen molar-refractivity contribution in [2.24, 2.45) is 0 Å². The van der Waals surface area contributed by atoms with Crippen molar-refractivity contribution in [3.63, 3.8) is 0 Å². The lowest BCUT2D eigenvalue weighted by molar-refractivity contribution is -0.124. The summed E-state index contributed by atoms with van der Waals surface area (Å²) < 4.78 is 5.68. The second-order valence-corrected chi connectivity index (χ2v) is 4.88. The van der Waals surface area contributed by atoms with Crippen LogP contribution in [0.4, 0.5) is 11.4 Å². The molecule has 1 amide bonds. The number of carbonyl (C=O) groups excluding carboxylic acids is 1. The van der Waals surface area contributed by atoms with Gasteiger partial charge >= 0.3 is 0 Å². The van der Waals surface area contributed by atoms with Gasteiger partial charge in [0.05, 0.1) is 11.4 Å². The topological polar surface area (TPSA) is 29.5 Å². The average Bonchev–Trinajstić information content (AvgIpc) is 2.49. The Balaban J connectivity index is 2.18. The van der Waals surface area contributed by atoms with Crippen LogP contribution in [0.5, 0.6) is 5.75 Å². The van der Waals surface area contributed by atoms with E-state index in [9.17, 15) is 4.79 Å². The van der Waals surface area contributed by atoms with Crippen molar-refractivity contribution < 1.29 is 9.53 Å². The van der Waals surface area contributed by atoms with Crippen LogP contribution in [0.1, 0.15) is 19.4 Å². The van der Waals surface area contributed by atoms with Gasteiger partial charge in [0.25, 0.3) is 5.91 Å². The summed E-state index contributed by atoms with van der Waals surface area (Å²) in [5.41, 5.74) is 2.92. The number of rotatable bonds is 2. The number of benzene rings is 2. The predicted octanol–water partition coefficient (Wildman–Crippen LogP) is 3.69. The normalized spacial score (nSPS) is 17.6. The Kier molecular flexibility index (Phi) is 3.18. The Hall–Kier alpha value is -2.29. The lowest BCUT2D eigenvalue weighted by Gasteiger charge is -2.34. The number of fused-ring (bicyclic) bond motifs is 1. The van der Waals surface area contributed by atoms with Gasteiger partial charge < -0.3 is 4.74 Å². The fourth-order valence-electron chi connectivity index (χ4n) is 2.56. The van der Waals surface area contributed by atoms with E-state index >= 15 is 0 Å². The fraction of sp³-hybridized carbons (Fsp3) is 0.235. The molecule has 3 rings (SSSR count). The molecule has 1 aliphatic rings. The van der Waals surface area contributed by atoms with Crippen LogP contribution in [-0.4, -0.2) is 12.0 Å². The highest BCUT2D eigenvalue weighted by Gasteiger charge is 2.33. The van der Waals surface area contributed by atoms with Crippen molar-refractivity contribution in [2.45, 2.75) is 26.4 Å². The fourth-order valence-corrected chi connectivity index (χ4v) is 2.56. The molecule has 1 atom stereocenters. The molecular weight excluding hydrogens is 250 g/mol. The van der Waals surface area contributed by atoms with E-state index < -0.39 is 6.10 Å². The molecule has 0 radical (unpaired) electrons. The third-order valence-electron chi connectivity index (χ3n) is 3.59. The minimum Gasteiger partial charge on any atom is -0.479 e. The molecule has 102 valence electrons. The lowest BCUT2D eigenvalue weighted by atomic mass is 10.1. The molecule has 0 spiro atoms. The summed E-state index contributed by atoms with van der Waals surface area (Å²) in [4.78, 5) is 14.3. The first-order chi connectivity index (χ1) is 9.72. The van der Waals surface area contributed by atoms with Crippen LogP contribution in [0.2, 0.25) is 0 Å². The van der Waals surface area contributed by atoms with Crippen LogP contribution >= 0.6 is 0 Å². The number of nitrogens with zero attached hydrogens (tertiary/aromatic N) is 1. The van der Waals surface area contributed by atoms with Gasteiger partial charge in [-0.2, -0.15) is 0 Å². The number of aryl methyl sites for hydroxylation is 1. The molecule has 0 saturated heterocycles. The van der Waals surface area contributed by atoms with Crippen molar-refractivity contribution in [3.8, 4) is 5.75 Å². The Bertz CT molecular complexity index is 651. The first kappa shape index (κ1) is 12.7. The smallest absolute Gasteiger partial charge is 0.272 e. The minimum atomic E-state index is -0.463. The lowest BCUT2D eigenvalue weighted by Crippen LogP contribution is -2.41. The third kappa shape index (κ3) is 1.95. The summed E-state index contributed by atoms with van der Waals surface area (Å²) in [5, 5.41) is 0. The highest BCUT2D eigenvalue weighted by molar-refractivity contribution is 6.06. The number of anilines is 2. The van der Waals surface area contributed by atoms with Crippen LogP contribution in [0.15, 0.2) is 48.5 Å². The molecular formula is C17H17NO2. The summed E-state index contributed by atoms with van der Waals surface area (Å²) in [6.45, 7) is 3.89. The zero-order chi connectivity index (χ0) is 14.1. The zero-order valence-corrected chi connectivity index (χ0v) is 11.7. The maximum Gasteiger partial charge on any atom is 0.272 e. The van der Waals surface area contributed by atoms with Gasteiger partial charge in [-0.3, -0.25) is 9.69 Å². The van der Waals surface area contributed by atoms with Gasteiger partial charge in [0.2, 0.25) is 0 Å². The monoisotopic (exact) mass is 267 g/mol. The van der Waals surface area contributed by atoms with E-state index in [1.807, 2.05) is 42.5 Å². The van der Waals surface area contributed by atoms with Crippen molar-refractivity contribution in [1.82, 2.24) is 0 Å². The number of ether oxygens (including phenoxy) is 1. The number of hydrogen-bond acceptors (Lipinski definition) is 2. The zero-order valence-electron chi connectivity index (χ0n) is 11.7. The van der Waals surface area contributed by atoms with Crippen molar-refractivity contribution >= 4 is 17.3 Å². The summed E-state index contributed by atoms with van der Waals surface area (Å²) in [7, 11) is 0. The largest absolute Gasteiger partial charge is 0.479 e. The van der Waals surface area contributed by atoms with E-state index in [2.05, 4.69) is 13.0 Å². The van der Waals surface area contributed by atoms with Gasteiger partial charge in [0.1, 0.15) is 5.75 Å². The number of para-hydroxylation sites is 3. The second-order valence-electron chi connectivity index (χ2n) is 4.88. The van der Waals surface area contributed by atoms with E-state index in [-0.39, 0.29) is 5.91 Å². The van der Waals surface area contributed by atoms with Crippen molar-refractivity contribution in [3.05, 3.63) is 54.1 Å². The van der Waals surface area contributed by atoms with Crippen molar-refractivity contribution in [1.29, 1.82) is 0 Å². The summed E-state index contributed by atoms with van der Waals surface area (Å²) in [6, 6.07) is 15.7. The molecule has 0 N–H and O–H groups in total. The molecule has 0 aromatic heterocycles. The summed E-state index contributed by atoms with van der Waals surface area (Å²) in [6.07, 6.45) is 0.423. The summed E-state index contributed by atoms with van der Waals surface area (Å²) >= 11 is 0. The number of carbonyl (C=O) groups is 1. The maximum atomic E-state index is 12.6. The third-order valence-corrected chi connectivity index (χ3v) is 3.59. The van der Waals surface area contributed by atoms with Gasteiger partial charge in [-0.15, -0.1) is 0 Å². The molecule has 0 aliphatic carbocycles. The van der Waals surface area contributed by atoms with E-state index in [1.54, 1.807) is 11.8 Å². The Morgan fingerprint density at radius 3 is 2.45 bits per heavy atom. The first-order valence-corrected chi connectivity index (χ1v) is 6.90. The van der Waals surface area contributed by atoms with E-state index in [4.69, 9.17) is 4.74 Å². The van der Waals surface area contributed by atoms with Crippen LogP contribution in [-0.2, 0) is 11.2 Å². The highest BCUT2D eigenvalue weighted by atomic mass is 16.5. The molecule has 1 unspecified atom stereocenters. The molecule has 2 aromatic carbocycles. The molecule has 0 fully saturated rings. The summed E-state index contributed by atoms with van der Waals surface area (Å²) in [5.74, 6) is 0.732. The van der Waals surface area contributed by atoms with Crippen LogP contribution in [0.3, 0.4) is 0 Å².